The smallest absolute Gasteiger partial charge is 0.246 e. The summed E-state index contributed by atoms with van der Waals surface area (Å²) in [6.45, 7) is 15.4. The highest BCUT2D eigenvalue weighted by atomic mass is 19.1. The number of rotatable bonds is 10. The number of amides is 1. The predicted molar refractivity (Wildman–Crippen MR) is 207 cm³/mol. The lowest BCUT2D eigenvalue weighted by atomic mass is 10.00. The molecule has 0 saturated carbocycles. The van der Waals surface area contributed by atoms with E-state index in [0.29, 0.717) is 68.0 Å². The highest BCUT2D eigenvalue weighted by Crippen LogP contribution is 2.40. The molecule has 0 bridgehead atoms. The minimum Gasteiger partial charge on any atom is -0.488 e. The molecule has 0 aromatic heterocycles. The van der Waals surface area contributed by atoms with Crippen molar-refractivity contribution in [1.82, 2.24) is 14.8 Å². The highest BCUT2D eigenvalue weighted by molar-refractivity contribution is 6.12. The van der Waals surface area contributed by atoms with Gasteiger partial charge in [-0.25, -0.2) is 9.38 Å². The maximum atomic E-state index is 16.0. The molecule has 3 aliphatic heterocycles. The number of fused-ring (bicyclic) bond motifs is 3. The third-order valence-corrected chi connectivity index (χ3v) is 8.35. The molecule has 10 nitrogen and oxygen atoms in total. The van der Waals surface area contributed by atoms with Crippen molar-refractivity contribution in [1.29, 1.82) is 0 Å². The summed E-state index contributed by atoms with van der Waals surface area (Å²) < 4.78 is 28.5. The van der Waals surface area contributed by atoms with Crippen LogP contribution in [0.25, 0.3) is 0 Å². The number of carbonyl (C=O) groups excluding carboxylic acids is 1. The Morgan fingerprint density at radius 3 is 2.61 bits per heavy atom. The number of aliphatic imine (C=N–C) groups is 1. The van der Waals surface area contributed by atoms with Gasteiger partial charge in [-0.05, 0) is 77.2 Å². The van der Waals surface area contributed by atoms with E-state index in [1.807, 2.05) is 75.2 Å². The van der Waals surface area contributed by atoms with Crippen molar-refractivity contribution < 1.29 is 18.7 Å². The third kappa shape index (κ3) is 10.1. The Morgan fingerprint density at radius 1 is 1.14 bits per heavy atom. The molecule has 3 aliphatic rings. The lowest BCUT2D eigenvalue weighted by molar-refractivity contribution is -0.127. The summed E-state index contributed by atoms with van der Waals surface area (Å²) in [4.78, 5) is 23.9. The lowest BCUT2D eigenvalue weighted by Gasteiger charge is -2.46. The maximum Gasteiger partial charge on any atom is 0.246 e. The number of aryl methyl sites for hydroxylation is 1. The van der Waals surface area contributed by atoms with Crippen molar-refractivity contribution in [2.24, 2.45) is 10.1 Å². The van der Waals surface area contributed by atoms with Crippen LogP contribution < -0.4 is 19.7 Å². The molecule has 1 atom stereocenters. The molecule has 2 aromatic carbocycles. The van der Waals surface area contributed by atoms with Crippen LogP contribution in [0.2, 0.25) is 0 Å². The van der Waals surface area contributed by atoms with Crippen LogP contribution in [-0.2, 0) is 4.79 Å². The van der Waals surface area contributed by atoms with Crippen molar-refractivity contribution >= 4 is 29.3 Å². The zero-order valence-electron chi connectivity index (χ0n) is 31.4. The van der Waals surface area contributed by atoms with Gasteiger partial charge in [-0.3, -0.25) is 9.80 Å². The fourth-order valence-electron chi connectivity index (χ4n) is 5.80. The van der Waals surface area contributed by atoms with Crippen LogP contribution in [0.1, 0.15) is 57.2 Å². The molecule has 2 aromatic rings. The van der Waals surface area contributed by atoms with Crippen molar-refractivity contribution in [3.05, 3.63) is 95.3 Å². The molecule has 1 fully saturated rings. The molecular formula is C40H54FN7O3. The fraction of sp³-hybridized carbons (Fsp3) is 0.425. The Bertz CT molecular complexity index is 1690. The predicted octanol–water partition coefficient (Wildman–Crippen LogP) is 7.27. The first kappa shape index (κ1) is 38.9. The van der Waals surface area contributed by atoms with E-state index in [9.17, 15) is 4.79 Å². The number of piperazine rings is 1. The maximum absolute atomic E-state index is 16.0. The minimum absolute atomic E-state index is 0.0160. The number of benzene rings is 2. The molecule has 1 N–H and O–H groups in total. The van der Waals surface area contributed by atoms with E-state index >= 15 is 4.39 Å². The van der Waals surface area contributed by atoms with Gasteiger partial charge in [-0.2, -0.15) is 5.10 Å². The van der Waals surface area contributed by atoms with Gasteiger partial charge in [0.2, 0.25) is 5.91 Å². The average Bonchev–Trinajstić information content (AvgIpc) is 3.11. The van der Waals surface area contributed by atoms with E-state index in [2.05, 4.69) is 35.2 Å². The molecule has 51 heavy (non-hydrogen) atoms. The summed E-state index contributed by atoms with van der Waals surface area (Å²) in [6, 6.07) is 7.55. The second-order valence-corrected chi connectivity index (χ2v) is 12.9. The first-order valence-corrected chi connectivity index (χ1v) is 17.9. The molecule has 11 heteroatoms. The second kappa shape index (κ2) is 18.9. The topological polar surface area (TPSA) is 85.2 Å². The summed E-state index contributed by atoms with van der Waals surface area (Å²) >= 11 is 0. The monoisotopic (exact) mass is 699 g/mol. The van der Waals surface area contributed by atoms with Gasteiger partial charge in [-0.15, -0.1) is 0 Å². The molecule has 3 heterocycles. The molecular weight excluding hydrogens is 645 g/mol. The van der Waals surface area contributed by atoms with E-state index in [0.717, 1.165) is 23.2 Å². The SMILES string of the molecule is C/C=N\N1C=CC(Oc2ccc(NC(=N/C=C/CC)c3c(C)ccc4c3OCC3CN(C(=O)/C=C/CN(C)C)CCN43)c(F)c2C)=CC1.CCC. The summed E-state index contributed by atoms with van der Waals surface area (Å²) in [5, 5.41) is 9.29. The number of hydrogen-bond acceptors (Lipinski definition) is 8. The van der Waals surface area contributed by atoms with Gasteiger partial charge in [0.15, 0.2) is 11.6 Å². The third-order valence-electron chi connectivity index (χ3n) is 8.35. The average molecular weight is 700 g/mol. The zero-order valence-corrected chi connectivity index (χ0v) is 31.4. The molecule has 1 amide bonds. The second-order valence-electron chi connectivity index (χ2n) is 12.9. The molecule has 0 aliphatic carbocycles. The molecule has 5 rings (SSSR count). The van der Waals surface area contributed by atoms with E-state index in [1.54, 1.807) is 48.6 Å². The number of likely N-dealkylation sites (N-methyl/N-ethyl adjacent to an activating group) is 1. The molecule has 0 spiro atoms. The van der Waals surface area contributed by atoms with Crippen LogP contribution in [0.3, 0.4) is 0 Å². The quantitative estimate of drug-likeness (QED) is 0.159. The van der Waals surface area contributed by atoms with E-state index in [4.69, 9.17) is 14.5 Å². The van der Waals surface area contributed by atoms with Gasteiger partial charge in [-0.1, -0.05) is 45.4 Å². The Kier molecular flexibility index (Phi) is 14.4. The van der Waals surface area contributed by atoms with E-state index in [1.165, 1.54) is 6.42 Å². The van der Waals surface area contributed by atoms with Gasteiger partial charge in [0, 0.05) is 56.4 Å². The number of nitrogens with zero attached hydrogens (tertiary/aromatic N) is 6. The number of anilines is 2. The highest BCUT2D eigenvalue weighted by Gasteiger charge is 2.36. The number of allylic oxidation sites excluding steroid dienone is 2. The Labute approximate surface area is 303 Å². The Morgan fingerprint density at radius 2 is 1.92 bits per heavy atom. The zero-order chi connectivity index (χ0) is 36.9. The first-order chi connectivity index (χ1) is 24.6. The van der Waals surface area contributed by atoms with Crippen molar-refractivity contribution in [3.8, 4) is 11.5 Å². The number of nitrogens with one attached hydrogen (secondary N) is 1. The first-order valence-electron chi connectivity index (χ1n) is 17.9. The van der Waals surface area contributed by atoms with Crippen LogP contribution in [0.4, 0.5) is 15.8 Å². The normalized spacial score (nSPS) is 17.4. The van der Waals surface area contributed by atoms with Gasteiger partial charge in [0.25, 0.3) is 0 Å². The van der Waals surface area contributed by atoms with Gasteiger partial charge in [0.1, 0.15) is 24.0 Å². The van der Waals surface area contributed by atoms with E-state index < -0.39 is 5.82 Å². The Balaban J connectivity index is 0.00000188. The van der Waals surface area contributed by atoms with Crippen molar-refractivity contribution in [3.63, 3.8) is 0 Å². The summed E-state index contributed by atoms with van der Waals surface area (Å²) in [6.07, 6.45) is 16.5. The molecule has 1 saturated heterocycles. The van der Waals surface area contributed by atoms with E-state index in [-0.39, 0.29) is 17.6 Å². The van der Waals surface area contributed by atoms with Crippen molar-refractivity contribution in [2.75, 3.05) is 63.6 Å². The van der Waals surface area contributed by atoms with Crippen LogP contribution in [0, 0.1) is 19.7 Å². The number of carbonyl (C=O) groups is 1. The lowest BCUT2D eigenvalue weighted by Crippen LogP contribution is -2.58. The van der Waals surface area contributed by atoms with Crippen molar-refractivity contribution in [2.45, 2.75) is 60.4 Å². The van der Waals surface area contributed by atoms with Gasteiger partial charge in [0.05, 0.1) is 29.5 Å². The molecule has 274 valence electrons. The molecule has 0 radical (unpaired) electrons. The number of hydrazone groups is 1. The number of hydrogen-bond donors (Lipinski definition) is 1. The minimum atomic E-state index is -0.430. The van der Waals surface area contributed by atoms with Crippen LogP contribution >= 0.6 is 0 Å². The van der Waals surface area contributed by atoms with Crippen LogP contribution in [0.15, 0.2) is 82.9 Å². The summed E-state index contributed by atoms with van der Waals surface area (Å²) in [5.41, 5.74) is 3.30. The summed E-state index contributed by atoms with van der Waals surface area (Å²) in [7, 11) is 3.95. The largest absolute Gasteiger partial charge is 0.488 e. The molecule has 1 unspecified atom stereocenters. The van der Waals surface area contributed by atoms with Gasteiger partial charge >= 0.3 is 0 Å². The fourth-order valence-corrected chi connectivity index (χ4v) is 5.80. The summed E-state index contributed by atoms with van der Waals surface area (Å²) in [5.74, 6) is 1.82. The van der Waals surface area contributed by atoms with Crippen LogP contribution in [-0.4, -0.2) is 92.2 Å². The standard InChI is InChI=1S/C37H46FN7O3.C3H8/c1-7-9-18-39-37(41-30-13-15-32(27(4)35(30)38)48-29-16-20-44(21-17-29)40-8-2)34-26(3)12-14-31-36(34)47-25-28-24-43(22-23-45(28)31)33(46)11-10-19-42(5)6;1-3-2/h8-18,20,28H,7,19,21-25H2,1-6H3,(H,39,41);3H2,1-2H3/b11-10+,18-9+,40-8-;. The Hall–Kier alpha value is -4.90. The number of ether oxygens (including phenoxy) is 2. The van der Waals surface area contributed by atoms with Gasteiger partial charge < -0.3 is 29.5 Å². The number of halogens is 1. The van der Waals surface area contributed by atoms with Crippen LogP contribution in [0.5, 0.6) is 11.5 Å². The number of amidine groups is 1.